The van der Waals surface area contributed by atoms with Gasteiger partial charge in [0, 0.05) is 13.2 Å². The molecule has 1 amide bonds. The first-order valence-electron chi connectivity index (χ1n) is 5.95. The molecule has 0 saturated carbocycles. The van der Waals surface area contributed by atoms with Gasteiger partial charge in [-0.05, 0) is 24.9 Å². The summed E-state index contributed by atoms with van der Waals surface area (Å²) >= 11 is 0. The summed E-state index contributed by atoms with van der Waals surface area (Å²) in [6, 6.07) is 9.82. The van der Waals surface area contributed by atoms with E-state index in [0.717, 1.165) is 24.9 Å². The molecule has 1 aromatic rings. The molecule has 0 saturated heterocycles. The number of benzene rings is 1. The maximum absolute atomic E-state index is 11.4. The Hall–Kier alpha value is -1.39. The van der Waals surface area contributed by atoms with E-state index < -0.39 is 0 Å². The Morgan fingerprint density at radius 3 is 2.65 bits per heavy atom. The van der Waals surface area contributed by atoms with Crippen molar-refractivity contribution >= 4 is 5.91 Å². The lowest BCUT2D eigenvalue weighted by Gasteiger charge is -2.06. The summed E-state index contributed by atoms with van der Waals surface area (Å²) in [5, 5.41) is 14.5. The molecule has 94 valence electrons. The summed E-state index contributed by atoms with van der Waals surface area (Å²) in [5.74, 6) is -0.00199. The number of hydrogen-bond acceptors (Lipinski definition) is 3. The third-order valence-electron chi connectivity index (χ3n) is 2.38. The van der Waals surface area contributed by atoms with Crippen molar-refractivity contribution < 1.29 is 9.90 Å². The van der Waals surface area contributed by atoms with E-state index in [1.165, 1.54) is 0 Å². The van der Waals surface area contributed by atoms with E-state index in [4.69, 9.17) is 5.11 Å². The zero-order valence-corrected chi connectivity index (χ0v) is 9.98. The predicted molar refractivity (Wildman–Crippen MR) is 67.5 cm³/mol. The molecule has 0 radical (unpaired) electrons. The first kappa shape index (κ1) is 13.7. The smallest absolute Gasteiger partial charge is 0.234 e. The van der Waals surface area contributed by atoms with Crippen molar-refractivity contribution in [3.8, 4) is 0 Å². The lowest BCUT2D eigenvalue weighted by atomic mass is 10.2. The van der Waals surface area contributed by atoms with Crippen molar-refractivity contribution in [1.29, 1.82) is 0 Å². The number of unbranched alkanes of at least 4 members (excludes halogenated alkanes) is 1. The van der Waals surface area contributed by atoms with Gasteiger partial charge in [0.05, 0.1) is 6.54 Å². The highest BCUT2D eigenvalue weighted by atomic mass is 16.2. The third-order valence-corrected chi connectivity index (χ3v) is 2.38. The van der Waals surface area contributed by atoms with Crippen LogP contribution < -0.4 is 10.6 Å². The standard InChI is InChI=1S/C13H20N2O2/c16-9-5-4-8-14-11-13(17)15-10-12-6-2-1-3-7-12/h1-3,6-7,14,16H,4-5,8-11H2,(H,15,17). The lowest BCUT2D eigenvalue weighted by Crippen LogP contribution is -2.33. The quantitative estimate of drug-likeness (QED) is 0.581. The fourth-order valence-corrected chi connectivity index (χ4v) is 1.42. The molecule has 0 aliphatic heterocycles. The van der Waals surface area contributed by atoms with E-state index in [0.29, 0.717) is 13.1 Å². The summed E-state index contributed by atoms with van der Waals surface area (Å²) in [6.45, 7) is 1.87. The number of hydrogen-bond donors (Lipinski definition) is 3. The largest absolute Gasteiger partial charge is 0.396 e. The Balaban J connectivity index is 2.05. The summed E-state index contributed by atoms with van der Waals surface area (Å²) in [7, 11) is 0. The van der Waals surface area contributed by atoms with E-state index >= 15 is 0 Å². The van der Waals surface area contributed by atoms with Crippen molar-refractivity contribution in [1.82, 2.24) is 10.6 Å². The Kier molecular flexibility index (Phi) is 7.02. The van der Waals surface area contributed by atoms with E-state index in [1.54, 1.807) is 0 Å². The molecule has 4 heteroatoms. The fraction of sp³-hybridized carbons (Fsp3) is 0.462. The summed E-state index contributed by atoms with van der Waals surface area (Å²) in [4.78, 5) is 11.4. The van der Waals surface area contributed by atoms with Crippen LogP contribution in [0.5, 0.6) is 0 Å². The highest BCUT2D eigenvalue weighted by Gasteiger charge is 1.99. The first-order valence-corrected chi connectivity index (χ1v) is 5.95. The second-order valence-corrected chi connectivity index (χ2v) is 3.87. The van der Waals surface area contributed by atoms with Crippen LogP contribution in [0.2, 0.25) is 0 Å². The first-order chi connectivity index (χ1) is 8.33. The number of aliphatic hydroxyl groups is 1. The van der Waals surface area contributed by atoms with Gasteiger partial charge in [-0.25, -0.2) is 0 Å². The van der Waals surface area contributed by atoms with Crippen LogP contribution in [-0.4, -0.2) is 30.7 Å². The molecule has 0 bridgehead atoms. The molecular formula is C13H20N2O2. The summed E-state index contributed by atoms with van der Waals surface area (Å²) < 4.78 is 0. The number of carbonyl (C=O) groups excluding carboxylic acids is 1. The van der Waals surface area contributed by atoms with Crippen LogP contribution in [0, 0.1) is 0 Å². The van der Waals surface area contributed by atoms with Gasteiger partial charge >= 0.3 is 0 Å². The van der Waals surface area contributed by atoms with Crippen molar-refractivity contribution in [3.63, 3.8) is 0 Å². The molecule has 0 spiro atoms. The second-order valence-electron chi connectivity index (χ2n) is 3.87. The fourth-order valence-electron chi connectivity index (χ4n) is 1.42. The number of carbonyl (C=O) groups is 1. The van der Waals surface area contributed by atoms with E-state index in [1.807, 2.05) is 30.3 Å². The molecular weight excluding hydrogens is 216 g/mol. The van der Waals surface area contributed by atoms with Gasteiger partial charge in [-0.2, -0.15) is 0 Å². The lowest BCUT2D eigenvalue weighted by molar-refractivity contribution is -0.120. The second kappa shape index (κ2) is 8.73. The van der Waals surface area contributed by atoms with Gasteiger partial charge in [-0.3, -0.25) is 4.79 Å². The maximum Gasteiger partial charge on any atom is 0.234 e. The van der Waals surface area contributed by atoms with Crippen LogP contribution in [0.25, 0.3) is 0 Å². The zero-order chi connectivity index (χ0) is 12.3. The maximum atomic E-state index is 11.4. The van der Waals surface area contributed by atoms with Crippen LogP contribution in [0.3, 0.4) is 0 Å². The van der Waals surface area contributed by atoms with E-state index in [2.05, 4.69) is 10.6 Å². The normalized spacial score (nSPS) is 10.2. The molecule has 1 aromatic carbocycles. The van der Waals surface area contributed by atoms with Crippen LogP contribution in [0.1, 0.15) is 18.4 Å². The minimum Gasteiger partial charge on any atom is -0.396 e. The Bertz CT molecular complexity index is 314. The van der Waals surface area contributed by atoms with Crippen molar-refractivity contribution in [3.05, 3.63) is 35.9 Å². The monoisotopic (exact) mass is 236 g/mol. The summed E-state index contributed by atoms with van der Waals surface area (Å²) in [5.41, 5.74) is 1.10. The SMILES string of the molecule is O=C(CNCCCCO)NCc1ccccc1. The molecule has 0 unspecified atom stereocenters. The molecule has 0 aliphatic rings. The minimum atomic E-state index is -0.00199. The minimum absolute atomic E-state index is 0.00199. The molecule has 0 aromatic heterocycles. The highest BCUT2D eigenvalue weighted by molar-refractivity contribution is 5.77. The molecule has 3 N–H and O–H groups in total. The van der Waals surface area contributed by atoms with E-state index in [-0.39, 0.29) is 12.5 Å². The molecule has 0 atom stereocenters. The van der Waals surface area contributed by atoms with Crippen LogP contribution in [0.4, 0.5) is 0 Å². The Labute approximate surface area is 102 Å². The number of aliphatic hydroxyl groups excluding tert-OH is 1. The van der Waals surface area contributed by atoms with Gasteiger partial charge in [0.15, 0.2) is 0 Å². The molecule has 0 aliphatic carbocycles. The van der Waals surface area contributed by atoms with Crippen molar-refractivity contribution in [2.75, 3.05) is 19.7 Å². The zero-order valence-electron chi connectivity index (χ0n) is 9.98. The number of rotatable bonds is 8. The third kappa shape index (κ3) is 6.71. The van der Waals surface area contributed by atoms with Gasteiger partial charge in [0.2, 0.25) is 5.91 Å². The average molecular weight is 236 g/mol. The van der Waals surface area contributed by atoms with E-state index in [9.17, 15) is 4.79 Å². The predicted octanol–water partition coefficient (Wildman–Crippen LogP) is 0.665. The molecule has 1 rings (SSSR count). The number of nitrogens with one attached hydrogen (secondary N) is 2. The average Bonchev–Trinajstić information content (AvgIpc) is 2.37. The topological polar surface area (TPSA) is 61.4 Å². The van der Waals surface area contributed by atoms with Gasteiger partial charge in [0.1, 0.15) is 0 Å². The van der Waals surface area contributed by atoms with Crippen LogP contribution >= 0.6 is 0 Å². The Morgan fingerprint density at radius 2 is 1.94 bits per heavy atom. The molecule has 4 nitrogen and oxygen atoms in total. The van der Waals surface area contributed by atoms with Gasteiger partial charge in [-0.15, -0.1) is 0 Å². The molecule has 0 fully saturated rings. The molecule has 17 heavy (non-hydrogen) atoms. The summed E-state index contributed by atoms with van der Waals surface area (Å²) in [6.07, 6.45) is 1.67. The van der Waals surface area contributed by atoms with Crippen LogP contribution in [0.15, 0.2) is 30.3 Å². The van der Waals surface area contributed by atoms with Gasteiger partial charge in [0.25, 0.3) is 0 Å². The van der Waals surface area contributed by atoms with Gasteiger partial charge in [-0.1, -0.05) is 30.3 Å². The highest BCUT2D eigenvalue weighted by Crippen LogP contribution is 1.96. The molecule has 0 heterocycles. The van der Waals surface area contributed by atoms with Crippen LogP contribution in [-0.2, 0) is 11.3 Å². The van der Waals surface area contributed by atoms with Crippen molar-refractivity contribution in [2.24, 2.45) is 0 Å². The van der Waals surface area contributed by atoms with Crippen molar-refractivity contribution in [2.45, 2.75) is 19.4 Å². The Morgan fingerprint density at radius 1 is 1.18 bits per heavy atom. The number of amides is 1. The van der Waals surface area contributed by atoms with Gasteiger partial charge < -0.3 is 15.7 Å².